The molecule has 33 heavy (non-hydrogen) atoms. The average molecular weight is 678 g/mol. The third kappa shape index (κ3) is 5.55. The Labute approximate surface area is 221 Å². The first-order valence-electron chi connectivity index (χ1n) is 9.49. The van der Waals surface area contributed by atoms with Crippen molar-refractivity contribution in [3.05, 3.63) is 85.8 Å². The standard InChI is InChI=1S/C24H18N5OS.CH3.U/c1-2-30-18-7-5-17(6-8-18)22-19(12-25)23(27)29-24(20(22)13-26)31-14-15-3-4-16-9-10-28-21(16)11-15;;/h3-11,28H,1-2,14H2,(H2,27,29);1H3;/q2*-1;+2. The molecule has 0 radical (unpaired) electrons. The van der Waals surface area contributed by atoms with Crippen LogP contribution in [0.4, 0.5) is 5.82 Å². The Balaban J connectivity index is 0.00000193. The molecule has 8 heteroatoms. The molecule has 4 aromatic rings. The predicted molar refractivity (Wildman–Crippen MR) is 129 cm³/mol. The van der Waals surface area contributed by atoms with Gasteiger partial charge in [0, 0.05) is 23.0 Å². The SMILES string of the molecule is [CH2-]COc1ccc(-c2c(C#N)c(N)nc(SCc3ccc4cc[nH]c4c3)c2C#N)cc1.[CH3-].[U+2]. The number of pyridine rings is 1. The van der Waals surface area contributed by atoms with E-state index in [0.29, 0.717) is 39.8 Å². The number of hydrogen-bond acceptors (Lipinski definition) is 6. The number of nitrogens with one attached hydrogen (secondary N) is 1. The first-order chi connectivity index (χ1) is 15.1. The van der Waals surface area contributed by atoms with Crippen LogP contribution >= 0.6 is 11.8 Å². The van der Waals surface area contributed by atoms with E-state index < -0.39 is 0 Å². The minimum atomic E-state index is 0. The molecule has 0 unspecified atom stereocenters. The number of thioether (sulfide) groups is 1. The topological polar surface area (TPSA) is 112 Å². The molecule has 162 valence electrons. The van der Waals surface area contributed by atoms with Crippen LogP contribution in [0.2, 0.25) is 0 Å². The monoisotopic (exact) mass is 677 g/mol. The number of ether oxygens (including phenoxy) is 1. The van der Waals surface area contributed by atoms with Gasteiger partial charge in [-0.1, -0.05) is 24.3 Å². The number of nitrogens with two attached hydrogens (primary N) is 1. The number of nitrogens with zero attached hydrogens (tertiary/aromatic N) is 3. The Morgan fingerprint density at radius 3 is 2.45 bits per heavy atom. The van der Waals surface area contributed by atoms with Gasteiger partial charge in [0.05, 0.1) is 5.56 Å². The molecule has 0 aliphatic carbocycles. The molecule has 0 bridgehead atoms. The van der Waals surface area contributed by atoms with Crippen LogP contribution in [0.15, 0.2) is 59.8 Å². The van der Waals surface area contributed by atoms with E-state index in [4.69, 9.17) is 10.5 Å². The Morgan fingerprint density at radius 1 is 1.06 bits per heavy atom. The number of fused-ring (bicyclic) bond motifs is 1. The molecule has 0 atom stereocenters. The molecule has 4 rings (SSSR count). The molecule has 3 N–H and O–H groups in total. The molecule has 0 spiro atoms. The molecular formula is C25H21N5OSU. The molecule has 0 fully saturated rings. The smallest absolute Gasteiger partial charge is 0.525 e. The minimum absolute atomic E-state index is 0. The molecule has 0 saturated carbocycles. The number of nitriles is 2. The Bertz CT molecular complexity index is 1340. The predicted octanol–water partition coefficient (Wildman–Crippen LogP) is 5.51. The summed E-state index contributed by atoms with van der Waals surface area (Å²) in [6, 6.07) is 19.7. The summed E-state index contributed by atoms with van der Waals surface area (Å²) in [6.07, 6.45) is 1.90. The number of aromatic nitrogens is 2. The van der Waals surface area contributed by atoms with Crippen molar-refractivity contribution in [1.82, 2.24) is 9.97 Å². The first-order valence-corrected chi connectivity index (χ1v) is 10.5. The van der Waals surface area contributed by atoms with E-state index in [-0.39, 0.29) is 49.9 Å². The fourth-order valence-electron chi connectivity index (χ4n) is 3.36. The van der Waals surface area contributed by atoms with Gasteiger partial charge in [-0.25, -0.2) is 4.98 Å². The summed E-state index contributed by atoms with van der Waals surface area (Å²) >= 11 is 1.42. The van der Waals surface area contributed by atoms with Crippen LogP contribution in [0.25, 0.3) is 22.0 Å². The molecule has 2 aromatic heterocycles. The first kappa shape index (κ1) is 26.4. The van der Waals surface area contributed by atoms with Crippen LogP contribution in [0, 0.1) is 68.1 Å². The molecule has 0 aliphatic heterocycles. The second-order valence-electron chi connectivity index (χ2n) is 6.71. The van der Waals surface area contributed by atoms with Crippen molar-refractivity contribution in [2.24, 2.45) is 0 Å². The number of anilines is 1. The fourth-order valence-corrected chi connectivity index (χ4v) is 4.30. The second-order valence-corrected chi connectivity index (χ2v) is 7.68. The zero-order valence-electron chi connectivity index (χ0n) is 18.1. The van der Waals surface area contributed by atoms with Crippen LogP contribution in [0.5, 0.6) is 5.75 Å². The van der Waals surface area contributed by atoms with E-state index in [2.05, 4.69) is 35.1 Å². The van der Waals surface area contributed by atoms with Crippen LogP contribution in [-0.4, -0.2) is 16.6 Å². The number of rotatable bonds is 6. The van der Waals surface area contributed by atoms with Gasteiger partial charge in [-0.05, 0) is 47.4 Å². The van der Waals surface area contributed by atoms with Gasteiger partial charge in [-0.15, -0.1) is 11.8 Å². The van der Waals surface area contributed by atoms with E-state index in [1.807, 2.05) is 24.4 Å². The van der Waals surface area contributed by atoms with Gasteiger partial charge in [0.2, 0.25) is 0 Å². The number of H-pyrrole nitrogens is 1. The average Bonchev–Trinajstić information content (AvgIpc) is 3.26. The van der Waals surface area contributed by atoms with Crippen molar-refractivity contribution in [2.45, 2.75) is 10.8 Å². The molecule has 2 heterocycles. The van der Waals surface area contributed by atoms with Crippen molar-refractivity contribution in [2.75, 3.05) is 12.3 Å². The number of hydrogen-bond donors (Lipinski definition) is 2. The van der Waals surface area contributed by atoms with Crippen molar-refractivity contribution in [3.63, 3.8) is 0 Å². The van der Waals surface area contributed by atoms with Crippen LogP contribution < -0.4 is 10.5 Å². The maximum absolute atomic E-state index is 9.93. The summed E-state index contributed by atoms with van der Waals surface area (Å²) in [4.78, 5) is 7.57. The summed E-state index contributed by atoms with van der Waals surface area (Å²) in [5.74, 6) is 1.38. The second kappa shape index (κ2) is 11.8. The van der Waals surface area contributed by atoms with Crippen LogP contribution in [0.3, 0.4) is 0 Å². The van der Waals surface area contributed by atoms with E-state index in [1.54, 1.807) is 24.3 Å². The van der Waals surface area contributed by atoms with Crippen molar-refractivity contribution >= 4 is 28.5 Å². The zero-order chi connectivity index (χ0) is 21.8. The summed E-state index contributed by atoms with van der Waals surface area (Å²) in [7, 11) is 0. The normalized spacial score (nSPS) is 9.91. The van der Waals surface area contributed by atoms with Gasteiger partial charge in [0.15, 0.2) is 0 Å². The van der Waals surface area contributed by atoms with E-state index in [1.165, 1.54) is 11.8 Å². The maximum Gasteiger partial charge on any atom is 2.00 e. The summed E-state index contributed by atoms with van der Waals surface area (Å²) in [6.45, 7) is 3.97. The zero-order valence-corrected chi connectivity index (χ0v) is 23.0. The summed E-state index contributed by atoms with van der Waals surface area (Å²) < 4.78 is 5.38. The Kier molecular flexibility index (Phi) is 9.45. The fraction of sp³-hybridized carbons (Fsp3) is 0.0800. The van der Waals surface area contributed by atoms with E-state index in [9.17, 15) is 10.5 Å². The molecule has 0 saturated heterocycles. The largest absolute Gasteiger partial charge is 2.00 e. The van der Waals surface area contributed by atoms with Gasteiger partial charge in [-0.3, -0.25) is 0 Å². The van der Waals surface area contributed by atoms with Crippen molar-refractivity contribution < 1.29 is 35.9 Å². The molecule has 0 amide bonds. The van der Waals surface area contributed by atoms with Crippen molar-refractivity contribution in [3.8, 4) is 29.0 Å². The van der Waals surface area contributed by atoms with Crippen LogP contribution in [0.1, 0.15) is 16.7 Å². The van der Waals surface area contributed by atoms with Gasteiger partial charge in [0.1, 0.15) is 34.3 Å². The Morgan fingerprint density at radius 2 is 1.79 bits per heavy atom. The molecule has 6 nitrogen and oxygen atoms in total. The minimum Gasteiger partial charge on any atom is -0.525 e. The summed E-state index contributed by atoms with van der Waals surface area (Å²) in [5.41, 5.74) is 9.97. The number of nitrogen functional groups attached to an aromatic ring is 1. The van der Waals surface area contributed by atoms with Gasteiger partial charge < -0.3 is 29.8 Å². The van der Waals surface area contributed by atoms with E-state index in [0.717, 1.165) is 16.5 Å². The van der Waals surface area contributed by atoms with Gasteiger partial charge >= 0.3 is 31.1 Å². The number of benzene rings is 2. The third-order valence-corrected chi connectivity index (χ3v) is 5.87. The Hall–Kier alpha value is -2.89. The summed E-state index contributed by atoms with van der Waals surface area (Å²) in [5, 5.41) is 21.2. The van der Waals surface area contributed by atoms with E-state index >= 15 is 0 Å². The van der Waals surface area contributed by atoms with Crippen LogP contribution in [-0.2, 0) is 5.75 Å². The quantitative estimate of drug-likeness (QED) is 0.206. The molecular weight excluding hydrogens is 656 g/mol. The van der Waals surface area contributed by atoms with Crippen molar-refractivity contribution in [1.29, 1.82) is 10.5 Å². The maximum atomic E-state index is 9.93. The van der Waals surface area contributed by atoms with Gasteiger partial charge in [-0.2, -0.15) is 10.5 Å². The molecule has 0 aliphatic rings. The van der Waals surface area contributed by atoms with Gasteiger partial charge in [0.25, 0.3) is 0 Å². The molecule has 2 aromatic carbocycles. The third-order valence-electron chi connectivity index (χ3n) is 4.82. The number of aromatic amines is 1.